The molecule has 24 heavy (non-hydrogen) atoms. The minimum absolute atomic E-state index is 0.152. The van der Waals surface area contributed by atoms with Gasteiger partial charge in [0.25, 0.3) is 0 Å². The van der Waals surface area contributed by atoms with E-state index in [-0.39, 0.29) is 6.04 Å². The monoisotopic (exact) mass is 366 g/mol. The maximum absolute atomic E-state index is 6.20. The first-order valence-corrected chi connectivity index (χ1v) is 10.7. The molecule has 0 aliphatic carbocycles. The average Bonchev–Trinajstić information content (AvgIpc) is 2.52. The Morgan fingerprint density at radius 1 is 1.00 bits per heavy atom. The fraction of sp³-hybridized carbons (Fsp3) is 1.00. The van der Waals surface area contributed by atoms with Gasteiger partial charge in [0.15, 0.2) is 0 Å². The molecular weight excluding hydrogens is 328 g/mol. The fourth-order valence-corrected chi connectivity index (χ4v) is 3.98. The summed E-state index contributed by atoms with van der Waals surface area (Å²) in [5.74, 6) is 0. The van der Waals surface area contributed by atoms with Gasteiger partial charge >= 0.3 is 15.4 Å². The highest BCUT2D eigenvalue weighted by Crippen LogP contribution is 2.21. The molecule has 0 radical (unpaired) electrons. The highest BCUT2D eigenvalue weighted by atomic mass is 28.3. The van der Waals surface area contributed by atoms with Crippen molar-refractivity contribution in [1.82, 2.24) is 4.90 Å². The summed E-state index contributed by atoms with van der Waals surface area (Å²) in [6.45, 7) is 7.96. The van der Waals surface area contributed by atoms with E-state index >= 15 is 0 Å². The molecule has 2 unspecified atom stereocenters. The van der Waals surface area contributed by atoms with E-state index in [0.717, 1.165) is 31.9 Å². The van der Waals surface area contributed by atoms with Crippen molar-refractivity contribution in [3.8, 4) is 0 Å². The number of hydrogen-bond donors (Lipinski definition) is 1. The molecule has 0 aliphatic heterocycles. The normalized spacial score (nSPS) is 15.0. The maximum atomic E-state index is 6.20. The number of hydrogen-bond acceptors (Lipinski definition) is 7. The van der Waals surface area contributed by atoms with Crippen molar-refractivity contribution in [3.05, 3.63) is 0 Å². The molecule has 8 heteroatoms. The Bertz CT molecular complexity index is 281. The lowest BCUT2D eigenvalue weighted by Gasteiger charge is -2.34. The number of ether oxygens (including phenoxy) is 3. The lowest BCUT2D eigenvalue weighted by molar-refractivity contribution is -0.473. The lowest BCUT2D eigenvalue weighted by Crippen LogP contribution is -2.47. The topological polar surface area (TPSA) is 75.4 Å². The Hall–Kier alpha value is -0.0631. The Morgan fingerprint density at radius 3 is 1.96 bits per heavy atom. The smallest absolute Gasteiger partial charge is 0.400 e. The lowest BCUT2D eigenvalue weighted by atomic mass is 10.1. The summed E-state index contributed by atoms with van der Waals surface area (Å²) in [7, 11) is 3.79. The molecule has 0 aliphatic rings. The molecule has 0 aromatic heterocycles. The predicted molar refractivity (Wildman–Crippen MR) is 98.0 cm³/mol. The van der Waals surface area contributed by atoms with E-state index in [1.807, 2.05) is 20.8 Å². The molecule has 7 nitrogen and oxygen atoms in total. The van der Waals surface area contributed by atoms with Crippen LogP contribution in [-0.2, 0) is 23.1 Å². The molecule has 146 valence electrons. The molecule has 0 saturated carbocycles. The maximum Gasteiger partial charge on any atom is 0.404 e. The molecule has 0 rings (SSSR count). The van der Waals surface area contributed by atoms with Crippen LogP contribution in [0, 0.1) is 0 Å². The minimum Gasteiger partial charge on any atom is -0.400 e. The number of nitrogens with zero attached hydrogens (tertiary/aromatic N) is 1. The Morgan fingerprint density at radius 2 is 1.54 bits per heavy atom. The minimum atomic E-state index is -2.01. The highest BCUT2D eigenvalue weighted by molar-refractivity contribution is 6.44. The second-order valence-electron chi connectivity index (χ2n) is 5.87. The summed E-state index contributed by atoms with van der Waals surface area (Å²) in [5, 5.41) is 0. The molecule has 2 N–H and O–H groups in total. The van der Waals surface area contributed by atoms with E-state index < -0.39 is 15.4 Å². The first kappa shape index (κ1) is 23.9. The number of rotatable bonds is 16. The van der Waals surface area contributed by atoms with Gasteiger partial charge in [-0.25, -0.2) is 0 Å². The van der Waals surface area contributed by atoms with Crippen LogP contribution in [0.4, 0.5) is 0 Å². The molecule has 2 atom stereocenters. The summed E-state index contributed by atoms with van der Waals surface area (Å²) in [6, 6.07) is 0.939. The van der Waals surface area contributed by atoms with E-state index in [9.17, 15) is 0 Å². The van der Waals surface area contributed by atoms with E-state index in [4.69, 9.17) is 28.8 Å². The molecule has 0 aromatic rings. The van der Waals surface area contributed by atoms with Crippen molar-refractivity contribution in [2.24, 2.45) is 5.73 Å². The third-order valence-electron chi connectivity index (χ3n) is 3.46. The van der Waals surface area contributed by atoms with Crippen molar-refractivity contribution >= 4 is 9.28 Å². The average molecular weight is 367 g/mol. The van der Waals surface area contributed by atoms with Crippen LogP contribution in [0.15, 0.2) is 0 Å². The van der Waals surface area contributed by atoms with Crippen LogP contribution in [0.25, 0.3) is 0 Å². The summed E-state index contributed by atoms with van der Waals surface area (Å²) in [6.07, 6.45) is 1.49. The highest BCUT2D eigenvalue weighted by Gasteiger charge is 2.38. The van der Waals surface area contributed by atoms with Gasteiger partial charge in [0, 0.05) is 13.2 Å². The Kier molecular flexibility index (Phi) is 14.1. The van der Waals surface area contributed by atoms with Gasteiger partial charge in [-0.05, 0) is 66.7 Å². The zero-order valence-corrected chi connectivity index (χ0v) is 17.5. The summed E-state index contributed by atoms with van der Waals surface area (Å²) < 4.78 is 28.3. The van der Waals surface area contributed by atoms with Crippen molar-refractivity contribution < 1.29 is 23.1 Å². The summed E-state index contributed by atoms with van der Waals surface area (Å²) >= 11 is 0. The van der Waals surface area contributed by atoms with Gasteiger partial charge in [0.05, 0.1) is 19.8 Å². The van der Waals surface area contributed by atoms with E-state index in [2.05, 4.69) is 19.0 Å². The molecule has 0 fully saturated rings. The van der Waals surface area contributed by atoms with Crippen molar-refractivity contribution in [2.45, 2.75) is 58.3 Å². The van der Waals surface area contributed by atoms with Crippen molar-refractivity contribution in [3.63, 3.8) is 0 Å². The largest absolute Gasteiger partial charge is 0.404 e. The van der Waals surface area contributed by atoms with Gasteiger partial charge in [-0.3, -0.25) is 0 Å². The van der Waals surface area contributed by atoms with Gasteiger partial charge in [-0.2, -0.15) is 0 Å². The standard InChI is InChI=1S/C16H38N2O5Si/c1-7-20-16(21-8-2,22-9-3)23-24(19-6)14-12-15(17)11-10-13-18(4)5/h15,24H,7-14,17H2,1-6H3. The van der Waals surface area contributed by atoms with Gasteiger partial charge in [0.1, 0.15) is 0 Å². The quantitative estimate of drug-likeness (QED) is 0.329. The van der Waals surface area contributed by atoms with E-state index in [1.54, 1.807) is 7.11 Å². The molecule has 0 amide bonds. The van der Waals surface area contributed by atoms with Gasteiger partial charge in [0.2, 0.25) is 0 Å². The van der Waals surface area contributed by atoms with Gasteiger partial charge in [-0.15, -0.1) is 0 Å². The van der Waals surface area contributed by atoms with Crippen LogP contribution in [0.2, 0.25) is 6.04 Å². The fourth-order valence-electron chi connectivity index (χ4n) is 2.31. The third-order valence-corrected chi connectivity index (χ3v) is 5.34. The van der Waals surface area contributed by atoms with E-state index in [0.29, 0.717) is 19.8 Å². The molecule has 0 heterocycles. The molecular formula is C16H38N2O5Si. The van der Waals surface area contributed by atoms with Crippen LogP contribution < -0.4 is 5.73 Å². The predicted octanol–water partition coefficient (Wildman–Crippen LogP) is 1.65. The molecule has 0 aromatic carbocycles. The zero-order chi connectivity index (χ0) is 18.4. The zero-order valence-electron chi connectivity index (χ0n) is 16.4. The Labute approximate surface area is 149 Å². The van der Waals surface area contributed by atoms with Crippen molar-refractivity contribution in [2.75, 3.05) is 47.6 Å². The second-order valence-corrected chi connectivity index (χ2v) is 8.01. The van der Waals surface area contributed by atoms with Crippen LogP contribution >= 0.6 is 0 Å². The van der Waals surface area contributed by atoms with Crippen molar-refractivity contribution in [1.29, 1.82) is 0 Å². The van der Waals surface area contributed by atoms with Crippen LogP contribution in [0.3, 0.4) is 0 Å². The van der Waals surface area contributed by atoms with Crippen LogP contribution in [0.1, 0.15) is 40.0 Å². The molecule has 0 spiro atoms. The Balaban J connectivity index is 4.47. The van der Waals surface area contributed by atoms with Crippen LogP contribution in [-0.4, -0.2) is 74.0 Å². The second kappa shape index (κ2) is 14.1. The SMILES string of the molecule is CCOC(OCC)(OCC)O[SiH](CCC(N)CCCN(C)C)OC. The van der Waals surface area contributed by atoms with Gasteiger partial charge < -0.3 is 33.7 Å². The molecule has 0 bridgehead atoms. The first-order chi connectivity index (χ1) is 11.4. The summed E-state index contributed by atoms with van der Waals surface area (Å²) in [4.78, 5) is 2.17. The van der Waals surface area contributed by atoms with Gasteiger partial charge in [-0.1, -0.05) is 0 Å². The first-order valence-electron chi connectivity index (χ1n) is 8.95. The molecule has 0 saturated heterocycles. The van der Waals surface area contributed by atoms with Crippen LogP contribution in [0.5, 0.6) is 0 Å². The summed E-state index contributed by atoms with van der Waals surface area (Å²) in [5.41, 5.74) is 6.20. The van der Waals surface area contributed by atoms with E-state index in [1.165, 1.54) is 0 Å². The number of nitrogens with two attached hydrogens (primary N) is 1. The third kappa shape index (κ3) is 10.7.